The van der Waals surface area contributed by atoms with Gasteiger partial charge in [-0.2, -0.15) is 5.26 Å². The van der Waals surface area contributed by atoms with Gasteiger partial charge in [-0.05, 0) is 65.3 Å². The number of hydrogen-bond acceptors (Lipinski definition) is 10. The molecule has 0 bridgehead atoms. The van der Waals surface area contributed by atoms with Crippen LogP contribution in [0, 0.1) is 23.2 Å². The van der Waals surface area contributed by atoms with Crippen molar-refractivity contribution in [1.82, 2.24) is 30.8 Å². The van der Waals surface area contributed by atoms with Crippen molar-refractivity contribution in [2.75, 3.05) is 25.7 Å². The Morgan fingerprint density at radius 1 is 0.983 bits per heavy atom. The number of H-pyrrole nitrogens is 1. The summed E-state index contributed by atoms with van der Waals surface area (Å²) in [7, 11) is 2.53. The van der Waals surface area contributed by atoms with Crippen LogP contribution in [0.2, 0.25) is 0 Å². The normalized spacial score (nSPS) is 20.3. The van der Waals surface area contributed by atoms with E-state index in [0.717, 1.165) is 44.8 Å². The SMILES string of the molecule is C=N/C=C(\NC1Cc2cccc3c2N1C(=O)[C@@H](NC(=O)OC)CC3)c1ccc(-c2ccc(-c3cnc([C@@H]4C[C@@H](C#N)CN4C(=O)[C@@H](NC(=O)OC)C(C)C)[nH]3)cc2)cc1. The molecule has 4 heterocycles. The van der Waals surface area contributed by atoms with Crippen molar-refractivity contribution < 1.29 is 28.7 Å². The highest BCUT2D eigenvalue weighted by Gasteiger charge is 2.43. The minimum Gasteiger partial charge on any atom is -0.453 e. The minimum absolute atomic E-state index is 0.206. The molecule has 1 aromatic heterocycles. The number of aromatic nitrogens is 2. The number of alkyl carbamates (subject to hydrolysis) is 2. The zero-order chi connectivity index (χ0) is 41.8. The maximum absolute atomic E-state index is 13.9. The lowest BCUT2D eigenvalue weighted by atomic mass is 10.0. The second kappa shape index (κ2) is 17.3. The standard InChI is InChI=1S/C44H47N9O6/c1-25(2)38(51-44(57)59-5)42(55)52-24-26(21-45)19-36(52)40-47-23-35(49-40)30-15-11-28(12-16-30)27-9-13-29(14-10-27)34(22-46-3)48-37-20-32-8-6-7-31-17-18-33(50-43(56)58-4)41(54)53(37)39(31)32/h6-16,22-23,25-26,33,36-38,48H,3,17-20,24H2,1-2,4-5H3,(H,47,49)(H,50,56)(H,51,57)/b34-22-/t26-,33-,36-,37?,38-/m0/s1. The molecule has 4 aromatic rings. The van der Waals surface area contributed by atoms with Crippen molar-refractivity contribution >= 4 is 42.1 Å². The summed E-state index contributed by atoms with van der Waals surface area (Å²) in [6.07, 6.45) is 3.68. The van der Waals surface area contributed by atoms with Gasteiger partial charge in [0.15, 0.2) is 0 Å². The van der Waals surface area contributed by atoms with Gasteiger partial charge in [-0.25, -0.2) is 14.6 Å². The van der Waals surface area contributed by atoms with E-state index in [4.69, 9.17) is 9.47 Å². The van der Waals surface area contributed by atoms with Crippen molar-refractivity contribution in [2.24, 2.45) is 16.8 Å². The molecule has 1 saturated heterocycles. The molecule has 0 aliphatic carbocycles. The Hall–Kier alpha value is -6.95. The number of imidazole rings is 1. The number of anilines is 1. The van der Waals surface area contributed by atoms with E-state index in [1.165, 1.54) is 14.2 Å². The van der Waals surface area contributed by atoms with E-state index in [0.29, 0.717) is 37.2 Å². The highest BCUT2D eigenvalue weighted by molar-refractivity contribution is 6.02. The molecule has 0 saturated carbocycles. The maximum Gasteiger partial charge on any atom is 0.407 e. The number of para-hydroxylation sites is 1. The first-order valence-electron chi connectivity index (χ1n) is 19.5. The van der Waals surface area contributed by atoms with Crippen LogP contribution in [0.3, 0.4) is 0 Å². The second-order valence-electron chi connectivity index (χ2n) is 15.2. The fraction of sp³-hybridized carbons (Fsp3) is 0.341. The van der Waals surface area contributed by atoms with Crippen LogP contribution in [-0.2, 0) is 31.9 Å². The molecule has 7 rings (SSSR count). The summed E-state index contributed by atoms with van der Waals surface area (Å²) in [4.78, 5) is 67.3. The van der Waals surface area contributed by atoms with E-state index in [1.54, 1.807) is 22.2 Å². The monoisotopic (exact) mass is 797 g/mol. The lowest BCUT2D eigenvalue weighted by Crippen LogP contribution is -2.53. The van der Waals surface area contributed by atoms with Crippen LogP contribution in [0.4, 0.5) is 15.3 Å². The predicted octanol–water partition coefficient (Wildman–Crippen LogP) is 5.71. The highest BCUT2D eigenvalue weighted by atomic mass is 16.5. The highest BCUT2D eigenvalue weighted by Crippen LogP contribution is 2.40. The van der Waals surface area contributed by atoms with Crippen LogP contribution in [0.5, 0.6) is 0 Å². The van der Waals surface area contributed by atoms with Gasteiger partial charge in [-0.1, -0.05) is 80.6 Å². The van der Waals surface area contributed by atoms with Gasteiger partial charge in [0.25, 0.3) is 5.91 Å². The lowest BCUT2D eigenvalue weighted by molar-refractivity contribution is -0.135. The number of nitrogens with zero attached hydrogens (tertiary/aromatic N) is 5. The molecular formula is C44H47N9O6. The summed E-state index contributed by atoms with van der Waals surface area (Å²) in [5.74, 6) is -0.513. The quantitative estimate of drug-likeness (QED) is 0.138. The Morgan fingerprint density at radius 3 is 2.32 bits per heavy atom. The molecular weight excluding hydrogens is 751 g/mol. The van der Waals surface area contributed by atoms with Crippen molar-refractivity contribution in [3.8, 4) is 28.5 Å². The fourth-order valence-electron chi connectivity index (χ4n) is 8.19. The van der Waals surface area contributed by atoms with Crippen molar-refractivity contribution in [2.45, 2.75) is 63.8 Å². The number of likely N-dealkylation sites (tertiary alicyclic amines) is 1. The number of benzene rings is 3. The zero-order valence-corrected chi connectivity index (χ0v) is 33.4. The Kier molecular flexibility index (Phi) is 11.8. The molecule has 59 heavy (non-hydrogen) atoms. The Balaban J connectivity index is 1.06. The van der Waals surface area contributed by atoms with Gasteiger partial charge in [0.05, 0.1) is 55.5 Å². The van der Waals surface area contributed by atoms with Crippen LogP contribution < -0.4 is 20.9 Å². The second-order valence-corrected chi connectivity index (χ2v) is 15.2. The number of aliphatic imine (C=N–C) groups is 1. The molecule has 15 heteroatoms. The van der Waals surface area contributed by atoms with Crippen LogP contribution in [0.1, 0.15) is 55.2 Å². The van der Waals surface area contributed by atoms with Crippen LogP contribution in [-0.4, -0.2) is 84.6 Å². The zero-order valence-electron chi connectivity index (χ0n) is 33.4. The van der Waals surface area contributed by atoms with Crippen molar-refractivity contribution in [3.05, 3.63) is 102 Å². The number of amides is 4. The number of hydrogen-bond donors (Lipinski definition) is 4. The molecule has 1 fully saturated rings. The number of aromatic amines is 1. The molecule has 304 valence electrons. The van der Waals surface area contributed by atoms with E-state index in [2.05, 4.69) is 43.7 Å². The lowest BCUT2D eigenvalue weighted by Gasteiger charge is -2.30. The summed E-state index contributed by atoms with van der Waals surface area (Å²) in [5.41, 5.74) is 8.15. The number of nitrogens with one attached hydrogen (secondary N) is 4. The molecule has 0 radical (unpaired) electrons. The molecule has 3 aliphatic heterocycles. The van der Waals surface area contributed by atoms with Crippen LogP contribution >= 0.6 is 0 Å². The van der Waals surface area contributed by atoms with Gasteiger partial charge in [0, 0.05) is 19.2 Å². The number of rotatable bonds is 11. The average Bonchev–Trinajstić information content (AvgIpc) is 3.99. The van der Waals surface area contributed by atoms with E-state index in [1.807, 2.05) is 80.6 Å². The molecule has 4 amide bonds. The van der Waals surface area contributed by atoms with E-state index in [9.17, 15) is 24.4 Å². The third-order valence-electron chi connectivity index (χ3n) is 11.2. The molecule has 15 nitrogen and oxygen atoms in total. The van der Waals surface area contributed by atoms with Gasteiger partial charge in [0.1, 0.15) is 24.1 Å². The third-order valence-corrected chi connectivity index (χ3v) is 11.2. The summed E-state index contributed by atoms with van der Waals surface area (Å²) in [5, 5.41) is 18.7. The largest absolute Gasteiger partial charge is 0.453 e. The maximum atomic E-state index is 13.9. The number of nitriles is 1. The molecule has 3 aromatic carbocycles. The minimum atomic E-state index is -0.819. The summed E-state index contributed by atoms with van der Waals surface area (Å²) in [6.45, 7) is 7.61. The smallest absolute Gasteiger partial charge is 0.407 e. The van der Waals surface area contributed by atoms with Crippen LogP contribution in [0.25, 0.3) is 28.1 Å². The molecule has 1 unspecified atom stereocenters. The van der Waals surface area contributed by atoms with Gasteiger partial charge >= 0.3 is 12.2 Å². The van der Waals surface area contributed by atoms with Gasteiger partial charge in [-0.3, -0.25) is 19.5 Å². The number of carbonyl (C=O) groups excluding carboxylic acids is 4. The number of aryl methyl sites for hydroxylation is 1. The van der Waals surface area contributed by atoms with E-state index in [-0.39, 0.29) is 30.2 Å². The molecule has 0 spiro atoms. The Morgan fingerprint density at radius 2 is 1.66 bits per heavy atom. The first-order chi connectivity index (χ1) is 28.5. The fourth-order valence-corrected chi connectivity index (χ4v) is 8.19. The van der Waals surface area contributed by atoms with Gasteiger partial charge < -0.3 is 35.3 Å². The van der Waals surface area contributed by atoms with Crippen molar-refractivity contribution in [1.29, 1.82) is 5.26 Å². The molecule has 4 N–H and O–H groups in total. The number of ether oxygens (including phenoxy) is 2. The van der Waals surface area contributed by atoms with E-state index < -0.39 is 36.5 Å². The summed E-state index contributed by atoms with van der Waals surface area (Å²) >= 11 is 0. The van der Waals surface area contributed by atoms with Crippen molar-refractivity contribution in [3.63, 3.8) is 0 Å². The Bertz CT molecular complexity index is 2310. The van der Waals surface area contributed by atoms with Gasteiger partial charge in [0.2, 0.25) is 5.91 Å². The van der Waals surface area contributed by atoms with Gasteiger partial charge in [-0.15, -0.1) is 0 Å². The number of methoxy groups -OCH3 is 2. The molecule has 5 atom stereocenters. The number of carbonyl (C=O) groups is 4. The Labute approximate surface area is 342 Å². The third kappa shape index (κ3) is 8.25. The summed E-state index contributed by atoms with van der Waals surface area (Å²) in [6, 6.07) is 22.4. The first kappa shape index (κ1) is 40.3. The first-order valence-corrected chi connectivity index (χ1v) is 19.5. The van der Waals surface area contributed by atoms with Crippen LogP contribution in [0.15, 0.2) is 84.1 Å². The topological polar surface area (TPSA) is 194 Å². The summed E-state index contributed by atoms with van der Waals surface area (Å²) < 4.78 is 9.55. The van der Waals surface area contributed by atoms with E-state index >= 15 is 0 Å². The predicted molar refractivity (Wildman–Crippen MR) is 222 cm³/mol. The molecule has 3 aliphatic rings. The average molecular weight is 798 g/mol.